The molecule has 1 saturated carbocycles. The lowest BCUT2D eigenvalue weighted by molar-refractivity contribution is 0.188. The molecular weight excluding hydrogens is 256 g/mol. The van der Waals surface area contributed by atoms with Gasteiger partial charge in [-0.25, -0.2) is 15.8 Å². The van der Waals surface area contributed by atoms with E-state index in [0.717, 1.165) is 44.4 Å². The number of hydrogen-bond acceptors (Lipinski definition) is 7. The van der Waals surface area contributed by atoms with Crippen molar-refractivity contribution in [1.82, 2.24) is 14.9 Å². The van der Waals surface area contributed by atoms with Crippen LogP contribution in [0, 0.1) is 0 Å². The van der Waals surface area contributed by atoms with Crippen LogP contribution in [0.1, 0.15) is 24.6 Å². The number of β-amino-alcohol motifs (C(OH)–C–C–N with tert-alkyl or cyclic N) is 1. The lowest BCUT2D eigenvalue weighted by Crippen LogP contribution is -2.47. The highest BCUT2D eigenvalue weighted by molar-refractivity contribution is 5.49. The molecule has 2 heterocycles. The van der Waals surface area contributed by atoms with Crippen molar-refractivity contribution >= 4 is 11.6 Å². The summed E-state index contributed by atoms with van der Waals surface area (Å²) in [5, 5.41) is 8.98. The molecular formula is C13H22N6O. The zero-order valence-electron chi connectivity index (χ0n) is 11.6. The van der Waals surface area contributed by atoms with Gasteiger partial charge in [0.25, 0.3) is 0 Å². The van der Waals surface area contributed by atoms with Gasteiger partial charge in [0, 0.05) is 44.7 Å². The first-order valence-electron chi connectivity index (χ1n) is 7.24. The van der Waals surface area contributed by atoms with Crippen LogP contribution in [0.2, 0.25) is 0 Å². The number of piperazine rings is 1. The maximum atomic E-state index is 8.98. The summed E-state index contributed by atoms with van der Waals surface area (Å²) < 4.78 is 0. The molecule has 110 valence electrons. The Morgan fingerprint density at radius 1 is 1.25 bits per heavy atom. The van der Waals surface area contributed by atoms with E-state index in [1.54, 1.807) is 0 Å². The minimum absolute atomic E-state index is 0.223. The van der Waals surface area contributed by atoms with Gasteiger partial charge in [-0.2, -0.15) is 0 Å². The van der Waals surface area contributed by atoms with Crippen molar-refractivity contribution < 1.29 is 5.11 Å². The van der Waals surface area contributed by atoms with Gasteiger partial charge < -0.3 is 15.4 Å². The molecule has 2 fully saturated rings. The fourth-order valence-corrected chi connectivity index (χ4v) is 2.55. The van der Waals surface area contributed by atoms with Gasteiger partial charge in [-0.05, 0) is 12.8 Å². The summed E-state index contributed by atoms with van der Waals surface area (Å²) in [4.78, 5) is 13.7. The van der Waals surface area contributed by atoms with Gasteiger partial charge in [-0.3, -0.25) is 4.90 Å². The Morgan fingerprint density at radius 3 is 2.60 bits per heavy atom. The molecule has 1 saturated heterocycles. The Morgan fingerprint density at radius 2 is 2.00 bits per heavy atom. The number of aliphatic hydroxyl groups is 1. The highest BCUT2D eigenvalue weighted by Crippen LogP contribution is 2.39. The van der Waals surface area contributed by atoms with Crippen LogP contribution in [-0.2, 0) is 0 Å². The molecule has 0 spiro atoms. The Bertz CT molecular complexity index is 456. The lowest BCUT2D eigenvalue weighted by atomic mass is 10.3. The lowest BCUT2D eigenvalue weighted by Gasteiger charge is -2.35. The highest BCUT2D eigenvalue weighted by Gasteiger charge is 2.28. The number of hydrazine groups is 1. The molecule has 3 rings (SSSR count). The molecule has 7 heteroatoms. The molecule has 0 atom stereocenters. The van der Waals surface area contributed by atoms with Crippen LogP contribution >= 0.6 is 0 Å². The molecule has 0 unspecified atom stereocenters. The van der Waals surface area contributed by atoms with Crippen LogP contribution in [0.3, 0.4) is 0 Å². The third-order valence-electron chi connectivity index (χ3n) is 3.93. The summed E-state index contributed by atoms with van der Waals surface area (Å²) in [6, 6.07) is 1.91. The average Bonchev–Trinajstić information content (AvgIpc) is 3.32. The molecule has 4 N–H and O–H groups in total. The Hall–Kier alpha value is -1.44. The zero-order chi connectivity index (χ0) is 13.9. The molecule has 1 aliphatic heterocycles. The third kappa shape index (κ3) is 3.00. The smallest absolute Gasteiger partial charge is 0.145 e. The first kappa shape index (κ1) is 13.5. The summed E-state index contributed by atoms with van der Waals surface area (Å²) in [5.74, 6) is 8.57. The van der Waals surface area contributed by atoms with Crippen molar-refractivity contribution in [3.05, 3.63) is 11.9 Å². The molecule has 0 aromatic carbocycles. The van der Waals surface area contributed by atoms with Crippen LogP contribution in [0.15, 0.2) is 6.07 Å². The van der Waals surface area contributed by atoms with E-state index in [-0.39, 0.29) is 6.61 Å². The topological polar surface area (TPSA) is 90.5 Å². The number of rotatable bonds is 5. The normalized spacial score (nSPS) is 20.2. The highest BCUT2D eigenvalue weighted by atomic mass is 16.3. The second-order valence-electron chi connectivity index (χ2n) is 5.44. The fourth-order valence-electron chi connectivity index (χ4n) is 2.55. The van der Waals surface area contributed by atoms with Gasteiger partial charge in [0.15, 0.2) is 0 Å². The molecule has 7 nitrogen and oxygen atoms in total. The Kier molecular flexibility index (Phi) is 4.00. The van der Waals surface area contributed by atoms with Crippen molar-refractivity contribution in [2.75, 3.05) is 49.7 Å². The van der Waals surface area contributed by atoms with Crippen LogP contribution in [0.5, 0.6) is 0 Å². The number of nitrogens with two attached hydrogens (primary N) is 1. The summed E-state index contributed by atoms with van der Waals surface area (Å²) in [6.07, 6.45) is 2.36. The van der Waals surface area contributed by atoms with E-state index in [4.69, 9.17) is 10.9 Å². The molecule has 0 bridgehead atoms. The first-order valence-corrected chi connectivity index (χ1v) is 7.24. The van der Waals surface area contributed by atoms with Crippen molar-refractivity contribution in [1.29, 1.82) is 0 Å². The number of anilines is 2. The molecule has 2 aliphatic rings. The number of nitrogen functional groups attached to an aromatic ring is 1. The molecule has 1 aromatic heterocycles. The quantitative estimate of drug-likeness (QED) is 0.505. The van der Waals surface area contributed by atoms with E-state index in [1.807, 2.05) is 6.07 Å². The minimum atomic E-state index is 0.223. The van der Waals surface area contributed by atoms with Gasteiger partial charge in [-0.1, -0.05) is 0 Å². The van der Waals surface area contributed by atoms with Gasteiger partial charge in [0.2, 0.25) is 0 Å². The van der Waals surface area contributed by atoms with E-state index in [0.29, 0.717) is 11.7 Å². The SMILES string of the molecule is NNc1cc(N2CCN(CCO)CC2)nc(C2CC2)n1. The molecule has 0 amide bonds. The van der Waals surface area contributed by atoms with E-state index in [9.17, 15) is 0 Å². The Labute approximate surface area is 118 Å². The van der Waals surface area contributed by atoms with Gasteiger partial charge >= 0.3 is 0 Å². The fraction of sp³-hybridized carbons (Fsp3) is 0.692. The van der Waals surface area contributed by atoms with Crippen LogP contribution in [0.25, 0.3) is 0 Å². The second kappa shape index (κ2) is 5.90. The number of hydrogen-bond donors (Lipinski definition) is 3. The van der Waals surface area contributed by atoms with Crippen LogP contribution < -0.4 is 16.2 Å². The van der Waals surface area contributed by atoms with Crippen molar-refractivity contribution in [3.63, 3.8) is 0 Å². The van der Waals surface area contributed by atoms with Gasteiger partial charge in [0.1, 0.15) is 17.5 Å². The predicted octanol–water partition coefficient (Wildman–Crippen LogP) is -0.246. The number of nitrogens with one attached hydrogen (secondary N) is 1. The van der Waals surface area contributed by atoms with Crippen molar-refractivity contribution in [3.8, 4) is 0 Å². The molecule has 20 heavy (non-hydrogen) atoms. The second-order valence-corrected chi connectivity index (χ2v) is 5.44. The number of aromatic nitrogens is 2. The maximum absolute atomic E-state index is 8.98. The number of aliphatic hydroxyl groups excluding tert-OH is 1. The van der Waals surface area contributed by atoms with Gasteiger partial charge in [0.05, 0.1) is 6.61 Å². The molecule has 1 aliphatic carbocycles. The van der Waals surface area contributed by atoms with Gasteiger partial charge in [-0.15, -0.1) is 0 Å². The first-order chi connectivity index (χ1) is 9.80. The summed E-state index contributed by atoms with van der Waals surface area (Å²) in [7, 11) is 0. The summed E-state index contributed by atoms with van der Waals surface area (Å²) >= 11 is 0. The Balaban J connectivity index is 1.71. The van der Waals surface area contributed by atoms with E-state index in [2.05, 4.69) is 25.2 Å². The average molecular weight is 278 g/mol. The molecule has 0 radical (unpaired) electrons. The number of nitrogens with zero attached hydrogens (tertiary/aromatic N) is 4. The third-order valence-corrected chi connectivity index (χ3v) is 3.93. The standard InChI is InChI=1S/C13H22N6O/c14-17-11-9-12(16-13(15-11)10-1-2-10)19-5-3-18(4-6-19)7-8-20/h9-10,20H,1-8,14H2,(H,15,16,17). The zero-order valence-corrected chi connectivity index (χ0v) is 11.6. The summed E-state index contributed by atoms with van der Waals surface area (Å²) in [6.45, 7) is 4.72. The van der Waals surface area contributed by atoms with Crippen LogP contribution in [-0.4, -0.2) is 59.3 Å². The predicted molar refractivity (Wildman–Crippen MR) is 77.6 cm³/mol. The van der Waals surface area contributed by atoms with E-state index in [1.165, 1.54) is 12.8 Å². The van der Waals surface area contributed by atoms with Crippen molar-refractivity contribution in [2.24, 2.45) is 5.84 Å². The van der Waals surface area contributed by atoms with E-state index < -0.39 is 0 Å². The van der Waals surface area contributed by atoms with E-state index >= 15 is 0 Å². The largest absolute Gasteiger partial charge is 0.395 e. The van der Waals surface area contributed by atoms with Crippen LogP contribution in [0.4, 0.5) is 11.6 Å². The molecule has 1 aromatic rings. The van der Waals surface area contributed by atoms with Crippen molar-refractivity contribution in [2.45, 2.75) is 18.8 Å². The summed E-state index contributed by atoms with van der Waals surface area (Å²) in [5.41, 5.74) is 2.64. The monoisotopic (exact) mass is 278 g/mol. The minimum Gasteiger partial charge on any atom is -0.395 e. The maximum Gasteiger partial charge on any atom is 0.145 e.